The Hall–Kier alpha value is -4.26. The summed E-state index contributed by atoms with van der Waals surface area (Å²) in [6, 6.07) is 12.0. The van der Waals surface area contributed by atoms with Crippen LogP contribution in [0.5, 0.6) is 0 Å². The second kappa shape index (κ2) is 15.3. The molecule has 5 aliphatic rings. The minimum absolute atomic E-state index is 0.0320. The van der Waals surface area contributed by atoms with Crippen molar-refractivity contribution in [1.82, 2.24) is 34.8 Å². The molecule has 1 aromatic carbocycles. The highest BCUT2D eigenvalue weighted by Gasteiger charge is 2.65. The molecule has 0 amide bonds. The average molecular weight is 817 g/mol. The molecular formula is C47H60N8O3S. The average Bonchev–Trinajstić information content (AvgIpc) is 3.75. The molecule has 12 heteroatoms. The van der Waals surface area contributed by atoms with Crippen LogP contribution < -0.4 is 4.90 Å². The van der Waals surface area contributed by atoms with E-state index >= 15 is 0 Å². The Morgan fingerprint density at radius 3 is 2.42 bits per heavy atom. The third-order valence-corrected chi connectivity index (χ3v) is 15.4. The van der Waals surface area contributed by atoms with Crippen LogP contribution in [0.25, 0.3) is 21.3 Å². The molecule has 2 atom stereocenters. The molecule has 0 saturated heterocycles. The van der Waals surface area contributed by atoms with E-state index in [0.29, 0.717) is 40.6 Å². The first-order valence-corrected chi connectivity index (χ1v) is 22.6. The van der Waals surface area contributed by atoms with E-state index in [1.54, 1.807) is 11.3 Å². The van der Waals surface area contributed by atoms with Crippen LogP contribution in [0.3, 0.4) is 0 Å². The van der Waals surface area contributed by atoms with E-state index in [1.807, 2.05) is 41.4 Å². The van der Waals surface area contributed by atoms with Crippen molar-refractivity contribution >= 4 is 39.2 Å². The number of hydrogen-bond donors (Lipinski definition) is 2. The van der Waals surface area contributed by atoms with Gasteiger partial charge in [0, 0.05) is 48.5 Å². The smallest absolute Gasteiger partial charge is 0.355 e. The van der Waals surface area contributed by atoms with Crippen molar-refractivity contribution in [3.63, 3.8) is 0 Å². The zero-order chi connectivity index (χ0) is 41.2. The molecule has 0 radical (unpaired) electrons. The number of aromatic nitrogens is 6. The monoisotopic (exact) mass is 816 g/mol. The lowest BCUT2D eigenvalue weighted by Gasteiger charge is -2.70. The predicted octanol–water partition coefficient (Wildman–Crippen LogP) is 9.19. The summed E-state index contributed by atoms with van der Waals surface area (Å²) in [5, 5.41) is 35.3. The normalized spacial score (nSPS) is 26.0. The van der Waals surface area contributed by atoms with Gasteiger partial charge >= 0.3 is 5.97 Å². The van der Waals surface area contributed by atoms with Gasteiger partial charge in [0.2, 0.25) is 0 Å². The minimum Gasteiger partial charge on any atom is -0.476 e. The summed E-state index contributed by atoms with van der Waals surface area (Å²) in [5.74, 6) is 0.271. The number of anilines is 2. The number of aliphatic hydroxyl groups excluding tert-OH is 1. The molecule has 4 aromatic heterocycles. The Balaban J connectivity index is 0.948. The Labute approximate surface area is 352 Å². The van der Waals surface area contributed by atoms with Gasteiger partial charge in [-0.05, 0) is 163 Å². The van der Waals surface area contributed by atoms with Crippen LogP contribution in [0.15, 0.2) is 42.6 Å². The number of hydrogen-bond acceptors (Lipinski definition) is 10. The molecule has 5 heterocycles. The molecule has 4 bridgehead atoms. The van der Waals surface area contributed by atoms with Gasteiger partial charge in [-0.2, -0.15) is 10.2 Å². The Morgan fingerprint density at radius 2 is 1.66 bits per heavy atom. The zero-order valence-electron chi connectivity index (χ0n) is 35.6. The first kappa shape index (κ1) is 40.2. The van der Waals surface area contributed by atoms with Crippen molar-refractivity contribution in [2.45, 2.75) is 118 Å². The molecule has 312 valence electrons. The van der Waals surface area contributed by atoms with Crippen molar-refractivity contribution in [2.24, 2.45) is 21.7 Å². The van der Waals surface area contributed by atoms with Gasteiger partial charge in [0.05, 0.1) is 27.1 Å². The molecule has 11 nitrogen and oxygen atoms in total. The quantitative estimate of drug-likeness (QED) is 0.0986. The fourth-order valence-corrected chi connectivity index (χ4v) is 14.2. The number of fused-ring (bicyclic) bond motifs is 2. The van der Waals surface area contributed by atoms with Crippen molar-refractivity contribution in [1.29, 1.82) is 0 Å². The summed E-state index contributed by atoms with van der Waals surface area (Å²) in [4.78, 5) is 27.1. The van der Waals surface area contributed by atoms with Gasteiger partial charge in [0.25, 0.3) is 0 Å². The number of pyridine rings is 1. The SMILES string of the molecule is Cc1c(Cc2nc3ccccc3s2)nnc2c1CCCN2c1ccc(-c2cnn(CC34CC5(C)CC(C)(CC(CCCN(C)CCCCO)(C5)C3)C4)c2C)c(C(=O)O)n1. The zero-order valence-corrected chi connectivity index (χ0v) is 36.4. The van der Waals surface area contributed by atoms with E-state index in [0.717, 1.165) is 89.7 Å². The molecule has 4 fully saturated rings. The van der Waals surface area contributed by atoms with Crippen LogP contribution in [0.1, 0.15) is 122 Å². The maximum absolute atomic E-state index is 13.0. The highest BCUT2D eigenvalue weighted by atomic mass is 32.1. The first-order valence-electron chi connectivity index (χ1n) is 21.8. The summed E-state index contributed by atoms with van der Waals surface area (Å²) in [6.07, 6.45) is 16.3. The predicted molar refractivity (Wildman–Crippen MR) is 234 cm³/mol. The number of carbonyl (C=O) groups is 1. The van der Waals surface area contributed by atoms with Crippen LogP contribution >= 0.6 is 11.3 Å². The van der Waals surface area contributed by atoms with Crippen molar-refractivity contribution in [2.75, 3.05) is 38.2 Å². The van der Waals surface area contributed by atoms with Crippen molar-refractivity contribution < 1.29 is 15.0 Å². The molecular weight excluding hydrogens is 757 g/mol. The summed E-state index contributed by atoms with van der Waals surface area (Å²) >= 11 is 1.69. The summed E-state index contributed by atoms with van der Waals surface area (Å²) in [6.45, 7) is 13.3. The Bertz CT molecular complexity index is 2340. The Kier molecular flexibility index (Phi) is 10.4. The molecule has 0 spiro atoms. The maximum Gasteiger partial charge on any atom is 0.355 e. The van der Waals surface area contributed by atoms with Gasteiger partial charge in [-0.25, -0.2) is 14.8 Å². The molecule has 59 heavy (non-hydrogen) atoms. The van der Waals surface area contributed by atoms with Gasteiger partial charge in [0.15, 0.2) is 11.5 Å². The first-order chi connectivity index (χ1) is 28.3. The van der Waals surface area contributed by atoms with E-state index in [-0.39, 0.29) is 17.7 Å². The van der Waals surface area contributed by atoms with E-state index in [2.05, 4.69) is 50.4 Å². The molecule has 4 saturated carbocycles. The van der Waals surface area contributed by atoms with Crippen LogP contribution in [-0.4, -0.2) is 84.3 Å². The van der Waals surface area contributed by atoms with Crippen molar-refractivity contribution in [3.05, 3.63) is 75.8 Å². The number of unbranched alkanes of at least 4 members (excludes halogenated alkanes) is 1. The highest BCUT2D eigenvalue weighted by Crippen LogP contribution is 2.75. The minimum atomic E-state index is -1.05. The number of carboxylic acids is 1. The third-order valence-electron chi connectivity index (χ3n) is 14.4. The standard InChI is InChI=1S/C47H60N8O3S/c1-31-33-12-10-20-54(42(33)52-51-37(31)22-40-49-36-13-6-7-14-38(36)59-40)39-16-15-34(41(50-39)43(57)58)35-23-48-55(32(35)2)30-47-27-44(3)24-45(4,28-47)26-46(25-44,29-47)17-11-19-53(5)18-8-9-21-56/h6-7,13-16,23,56H,8-12,17-22,24-30H2,1-5H3,(H,57,58). The van der Waals surface area contributed by atoms with E-state index in [9.17, 15) is 15.0 Å². The van der Waals surface area contributed by atoms with Crippen LogP contribution in [-0.2, 0) is 19.4 Å². The molecule has 2 N–H and O–H groups in total. The van der Waals surface area contributed by atoms with E-state index in [4.69, 9.17) is 25.3 Å². The van der Waals surface area contributed by atoms with Crippen LogP contribution in [0, 0.1) is 35.5 Å². The molecule has 10 rings (SSSR count). The summed E-state index contributed by atoms with van der Waals surface area (Å²) < 4.78 is 3.35. The van der Waals surface area contributed by atoms with Gasteiger partial charge < -0.3 is 20.0 Å². The number of rotatable bonds is 15. The lowest BCUT2D eigenvalue weighted by Crippen LogP contribution is -2.60. The number of para-hydroxylation sites is 1. The van der Waals surface area contributed by atoms with Gasteiger partial charge in [-0.15, -0.1) is 16.4 Å². The molecule has 1 aliphatic heterocycles. The molecule has 2 unspecified atom stereocenters. The number of carboxylic acid groups (broad SMARTS) is 1. The molecule has 5 aromatic rings. The number of nitrogens with zero attached hydrogens (tertiary/aromatic N) is 8. The summed E-state index contributed by atoms with van der Waals surface area (Å²) in [7, 11) is 2.22. The number of aliphatic hydroxyl groups is 1. The number of aromatic carboxylic acids is 1. The molecule has 4 aliphatic carbocycles. The lowest BCUT2D eigenvalue weighted by molar-refractivity contribution is -0.198. The topological polar surface area (TPSA) is 133 Å². The van der Waals surface area contributed by atoms with Gasteiger partial charge in [-0.3, -0.25) is 4.68 Å². The van der Waals surface area contributed by atoms with Crippen LogP contribution in [0.2, 0.25) is 0 Å². The fourth-order valence-electron chi connectivity index (χ4n) is 13.3. The van der Waals surface area contributed by atoms with Gasteiger partial charge in [-0.1, -0.05) is 26.0 Å². The lowest BCUT2D eigenvalue weighted by atomic mass is 9.35. The highest BCUT2D eigenvalue weighted by molar-refractivity contribution is 7.18. The number of benzene rings is 1. The Morgan fingerprint density at radius 1 is 0.898 bits per heavy atom. The fraction of sp³-hybridized carbons (Fsp3) is 0.574. The van der Waals surface area contributed by atoms with Crippen LogP contribution in [0.4, 0.5) is 11.6 Å². The third kappa shape index (κ3) is 7.69. The maximum atomic E-state index is 13.0. The van der Waals surface area contributed by atoms with E-state index in [1.165, 1.54) is 56.1 Å². The van der Waals surface area contributed by atoms with E-state index < -0.39 is 5.97 Å². The second-order valence-electron chi connectivity index (χ2n) is 19.8. The number of thiazole rings is 1. The summed E-state index contributed by atoms with van der Waals surface area (Å²) in [5.41, 5.74) is 7.84. The largest absolute Gasteiger partial charge is 0.476 e. The van der Waals surface area contributed by atoms with Crippen molar-refractivity contribution in [3.8, 4) is 11.1 Å². The second-order valence-corrected chi connectivity index (χ2v) is 20.9. The van der Waals surface area contributed by atoms with Gasteiger partial charge in [0.1, 0.15) is 5.82 Å².